The Bertz CT molecular complexity index is 598. The number of nitrogens with zero attached hydrogens (tertiary/aromatic N) is 1. The van der Waals surface area contributed by atoms with Gasteiger partial charge in [0.1, 0.15) is 5.75 Å². The van der Waals surface area contributed by atoms with Crippen molar-refractivity contribution in [3.05, 3.63) is 29.8 Å². The third-order valence-electron chi connectivity index (χ3n) is 4.63. The Kier molecular flexibility index (Phi) is 8.54. The number of hydrogen-bond acceptors (Lipinski definition) is 5. The monoisotopic (exact) mass is 377 g/mol. The summed E-state index contributed by atoms with van der Waals surface area (Å²) in [6, 6.07) is 7.12. The average Bonchev–Trinajstić information content (AvgIpc) is 2.67. The van der Waals surface area contributed by atoms with Gasteiger partial charge in [0.2, 0.25) is 5.91 Å². The topological polar surface area (TPSA) is 79.9 Å². The van der Waals surface area contributed by atoms with Gasteiger partial charge in [-0.2, -0.15) is 0 Å². The summed E-state index contributed by atoms with van der Waals surface area (Å²) in [5, 5.41) is 5.60. The van der Waals surface area contributed by atoms with Crippen LogP contribution in [-0.2, 0) is 9.53 Å². The van der Waals surface area contributed by atoms with Gasteiger partial charge in [-0.3, -0.25) is 14.5 Å². The number of carbonyl (C=O) groups is 2. The summed E-state index contributed by atoms with van der Waals surface area (Å²) < 4.78 is 10.8. The molecule has 0 aromatic heterocycles. The van der Waals surface area contributed by atoms with Crippen molar-refractivity contribution >= 4 is 11.8 Å². The quantitative estimate of drug-likeness (QED) is 0.678. The molecule has 7 nitrogen and oxygen atoms in total. The molecule has 1 aromatic carbocycles. The van der Waals surface area contributed by atoms with Crippen molar-refractivity contribution in [2.24, 2.45) is 5.92 Å². The smallest absolute Gasteiger partial charge is 0.251 e. The van der Waals surface area contributed by atoms with Crippen LogP contribution in [0.25, 0.3) is 0 Å². The molecule has 0 saturated carbocycles. The molecule has 1 atom stereocenters. The SMILES string of the molecule is CCOc1ccc(C(=O)NCC(=O)NCC(C(C)C)N2CCOCC2)cc1. The van der Waals surface area contributed by atoms with Crippen LogP contribution in [0.4, 0.5) is 0 Å². The molecular weight excluding hydrogens is 346 g/mol. The lowest BCUT2D eigenvalue weighted by Crippen LogP contribution is -2.52. The van der Waals surface area contributed by atoms with E-state index in [-0.39, 0.29) is 24.4 Å². The maximum atomic E-state index is 12.2. The molecule has 1 aliphatic rings. The molecule has 0 bridgehead atoms. The standard InChI is InChI=1S/C20H31N3O4/c1-4-27-17-7-5-16(6-8-17)20(25)22-14-19(24)21-13-18(15(2)3)23-9-11-26-12-10-23/h5-8,15,18H,4,9-14H2,1-3H3,(H,21,24)(H,22,25). The van der Waals surface area contributed by atoms with Crippen LogP contribution in [0.15, 0.2) is 24.3 Å². The van der Waals surface area contributed by atoms with E-state index < -0.39 is 0 Å². The molecule has 1 unspecified atom stereocenters. The fourth-order valence-electron chi connectivity index (χ4n) is 3.11. The Labute approximate surface area is 161 Å². The Morgan fingerprint density at radius 3 is 2.41 bits per heavy atom. The summed E-state index contributed by atoms with van der Waals surface area (Å²) in [5.74, 6) is 0.673. The number of nitrogens with one attached hydrogen (secondary N) is 2. The van der Waals surface area contributed by atoms with Crippen LogP contribution < -0.4 is 15.4 Å². The molecule has 2 rings (SSSR count). The zero-order chi connectivity index (χ0) is 19.6. The summed E-state index contributed by atoms with van der Waals surface area (Å²) in [7, 11) is 0. The van der Waals surface area contributed by atoms with Crippen molar-refractivity contribution in [1.29, 1.82) is 0 Å². The van der Waals surface area contributed by atoms with Gasteiger partial charge in [-0.05, 0) is 37.1 Å². The highest BCUT2D eigenvalue weighted by Gasteiger charge is 2.24. The second-order valence-corrected chi connectivity index (χ2v) is 6.90. The third-order valence-corrected chi connectivity index (χ3v) is 4.63. The Morgan fingerprint density at radius 2 is 1.81 bits per heavy atom. The van der Waals surface area contributed by atoms with Crippen LogP contribution in [0.3, 0.4) is 0 Å². The van der Waals surface area contributed by atoms with E-state index in [1.165, 1.54) is 0 Å². The highest BCUT2D eigenvalue weighted by atomic mass is 16.5. The van der Waals surface area contributed by atoms with Crippen molar-refractivity contribution in [3.8, 4) is 5.75 Å². The van der Waals surface area contributed by atoms with Crippen LogP contribution in [0.2, 0.25) is 0 Å². The van der Waals surface area contributed by atoms with E-state index in [1.54, 1.807) is 24.3 Å². The summed E-state index contributed by atoms with van der Waals surface area (Å²) >= 11 is 0. The number of carbonyl (C=O) groups excluding carboxylic acids is 2. The minimum absolute atomic E-state index is 0.0417. The Hall–Kier alpha value is -2.12. The molecule has 2 amide bonds. The Balaban J connectivity index is 1.76. The van der Waals surface area contributed by atoms with E-state index in [9.17, 15) is 9.59 Å². The van der Waals surface area contributed by atoms with Crippen LogP contribution in [0.5, 0.6) is 5.75 Å². The van der Waals surface area contributed by atoms with Gasteiger partial charge in [0.05, 0.1) is 26.4 Å². The normalized spacial score (nSPS) is 16.0. The molecule has 27 heavy (non-hydrogen) atoms. The number of hydrogen-bond donors (Lipinski definition) is 2. The van der Waals surface area contributed by atoms with Gasteiger partial charge in [0.25, 0.3) is 5.91 Å². The van der Waals surface area contributed by atoms with Gasteiger partial charge in [0, 0.05) is 31.2 Å². The van der Waals surface area contributed by atoms with E-state index in [0.717, 1.165) is 32.1 Å². The molecule has 1 aromatic rings. The van der Waals surface area contributed by atoms with Gasteiger partial charge in [0.15, 0.2) is 0 Å². The van der Waals surface area contributed by atoms with E-state index in [0.29, 0.717) is 24.6 Å². The third kappa shape index (κ3) is 6.84. The minimum atomic E-state index is -0.276. The van der Waals surface area contributed by atoms with Crippen molar-refractivity contribution < 1.29 is 19.1 Å². The van der Waals surface area contributed by atoms with Crippen LogP contribution in [0, 0.1) is 5.92 Å². The van der Waals surface area contributed by atoms with Crippen molar-refractivity contribution in [2.75, 3.05) is 46.0 Å². The summed E-state index contributed by atoms with van der Waals surface area (Å²) in [5.41, 5.74) is 0.500. The summed E-state index contributed by atoms with van der Waals surface area (Å²) in [6.07, 6.45) is 0. The lowest BCUT2D eigenvalue weighted by Gasteiger charge is -2.36. The van der Waals surface area contributed by atoms with E-state index in [4.69, 9.17) is 9.47 Å². The molecule has 1 fully saturated rings. The largest absolute Gasteiger partial charge is 0.494 e. The average molecular weight is 377 g/mol. The second kappa shape index (κ2) is 10.9. The summed E-state index contributed by atoms with van der Waals surface area (Å²) in [6.45, 7) is 10.5. The molecule has 7 heteroatoms. The van der Waals surface area contributed by atoms with Gasteiger partial charge in [-0.25, -0.2) is 0 Å². The van der Waals surface area contributed by atoms with Crippen molar-refractivity contribution in [2.45, 2.75) is 26.8 Å². The molecular formula is C20H31N3O4. The molecule has 2 N–H and O–H groups in total. The fraction of sp³-hybridized carbons (Fsp3) is 0.600. The predicted molar refractivity (Wildman–Crippen MR) is 104 cm³/mol. The maximum Gasteiger partial charge on any atom is 0.251 e. The number of ether oxygens (including phenoxy) is 2. The highest BCUT2D eigenvalue weighted by Crippen LogP contribution is 2.13. The zero-order valence-electron chi connectivity index (χ0n) is 16.5. The fourth-order valence-corrected chi connectivity index (χ4v) is 3.11. The molecule has 0 spiro atoms. The molecule has 1 heterocycles. The van der Waals surface area contributed by atoms with E-state index >= 15 is 0 Å². The minimum Gasteiger partial charge on any atom is -0.494 e. The highest BCUT2D eigenvalue weighted by molar-refractivity contribution is 5.96. The second-order valence-electron chi connectivity index (χ2n) is 6.90. The van der Waals surface area contributed by atoms with E-state index in [1.807, 2.05) is 6.92 Å². The first kappa shape index (κ1) is 21.2. The first-order chi connectivity index (χ1) is 13.0. The zero-order valence-corrected chi connectivity index (χ0v) is 16.5. The summed E-state index contributed by atoms with van der Waals surface area (Å²) in [4.78, 5) is 26.7. The predicted octanol–water partition coefficient (Wildman–Crippen LogP) is 1.29. The van der Waals surface area contributed by atoms with E-state index in [2.05, 4.69) is 29.4 Å². The molecule has 1 saturated heterocycles. The van der Waals surface area contributed by atoms with Crippen LogP contribution >= 0.6 is 0 Å². The van der Waals surface area contributed by atoms with Crippen molar-refractivity contribution in [3.63, 3.8) is 0 Å². The number of amides is 2. The molecule has 0 aliphatic carbocycles. The number of morpholine rings is 1. The van der Waals surface area contributed by atoms with Gasteiger partial charge >= 0.3 is 0 Å². The molecule has 0 radical (unpaired) electrons. The molecule has 1 aliphatic heterocycles. The first-order valence-electron chi connectivity index (χ1n) is 9.60. The van der Waals surface area contributed by atoms with Crippen LogP contribution in [0.1, 0.15) is 31.1 Å². The maximum absolute atomic E-state index is 12.2. The lowest BCUT2D eigenvalue weighted by molar-refractivity contribution is -0.120. The first-order valence-corrected chi connectivity index (χ1v) is 9.60. The Morgan fingerprint density at radius 1 is 1.15 bits per heavy atom. The van der Waals surface area contributed by atoms with Gasteiger partial charge in [-0.1, -0.05) is 13.8 Å². The number of benzene rings is 1. The number of rotatable bonds is 9. The lowest BCUT2D eigenvalue weighted by atomic mass is 10.0. The van der Waals surface area contributed by atoms with Crippen molar-refractivity contribution in [1.82, 2.24) is 15.5 Å². The molecule has 150 valence electrons. The van der Waals surface area contributed by atoms with Gasteiger partial charge < -0.3 is 20.1 Å². The van der Waals surface area contributed by atoms with Gasteiger partial charge in [-0.15, -0.1) is 0 Å². The van der Waals surface area contributed by atoms with Crippen LogP contribution in [-0.4, -0.2) is 68.8 Å².